The van der Waals surface area contributed by atoms with Crippen LogP contribution in [0.15, 0.2) is 48.5 Å². The number of hydrogen-bond donors (Lipinski definition) is 2. The number of hydrogen-bond acceptors (Lipinski definition) is 5. The number of carbonyl (C=O) groups is 3. The van der Waals surface area contributed by atoms with Crippen molar-refractivity contribution in [2.24, 2.45) is 5.92 Å². The number of rotatable bonds is 5. The van der Waals surface area contributed by atoms with Crippen LogP contribution in [-0.4, -0.2) is 66.4 Å². The molecule has 2 aromatic rings. The molecule has 0 bridgehead atoms. The van der Waals surface area contributed by atoms with Gasteiger partial charge in [-0.05, 0) is 41.5 Å². The summed E-state index contributed by atoms with van der Waals surface area (Å²) in [7, 11) is 0. The summed E-state index contributed by atoms with van der Waals surface area (Å²) in [4.78, 5) is 38.6. The first kappa shape index (κ1) is 22.4. The maximum atomic E-state index is 13.0. The standard InChI is InChI=1S/C26H28N2O6/c29-24(28-12-5-6-16(14-28)25(30)31)23-22(11-13-33-23)27-26(32)34-15-21-19-9-3-1-7-17(19)18-8-2-4-10-20(18)21/h1-4,7-10,16,21-23H,5-6,11-15H2,(H,27,32)(H,30,31)/t16-,22+,23-/m0/s1. The van der Waals surface area contributed by atoms with Gasteiger partial charge in [0.15, 0.2) is 6.10 Å². The van der Waals surface area contributed by atoms with E-state index in [2.05, 4.69) is 29.6 Å². The zero-order valence-electron chi connectivity index (χ0n) is 18.8. The van der Waals surface area contributed by atoms with Crippen molar-refractivity contribution in [3.8, 4) is 11.1 Å². The Morgan fingerprint density at radius 2 is 1.71 bits per heavy atom. The quantitative estimate of drug-likeness (QED) is 0.705. The van der Waals surface area contributed by atoms with Crippen LogP contribution in [0.2, 0.25) is 0 Å². The molecule has 0 spiro atoms. The van der Waals surface area contributed by atoms with Crippen molar-refractivity contribution in [3.05, 3.63) is 59.7 Å². The summed E-state index contributed by atoms with van der Waals surface area (Å²) in [5.74, 6) is -1.77. The number of piperidine rings is 1. The second-order valence-electron chi connectivity index (χ2n) is 9.12. The van der Waals surface area contributed by atoms with Crippen LogP contribution in [0.4, 0.5) is 4.79 Å². The summed E-state index contributed by atoms with van der Waals surface area (Å²) in [6, 6.07) is 15.7. The smallest absolute Gasteiger partial charge is 0.407 e. The molecule has 2 N–H and O–H groups in total. The lowest BCUT2D eigenvalue weighted by atomic mass is 9.97. The minimum atomic E-state index is -0.891. The Kier molecular flexibility index (Phi) is 6.24. The third-order valence-corrected chi connectivity index (χ3v) is 7.06. The van der Waals surface area contributed by atoms with Gasteiger partial charge in [-0.2, -0.15) is 0 Å². The molecule has 3 atom stereocenters. The Balaban J connectivity index is 1.20. The number of alkyl carbamates (subject to hydrolysis) is 1. The van der Waals surface area contributed by atoms with Crippen LogP contribution >= 0.6 is 0 Å². The van der Waals surface area contributed by atoms with Crippen LogP contribution in [-0.2, 0) is 19.1 Å². The number of carboxylic acid groups (broad SMARTS) is 1. The van der Waals surface area contributed by atoms with Crippen LogP contribution in [0.5, 0.6) is 0 Å². The molecule has 1 aliphatic carbocycles. The first-order valence-electron chi connectivity index (χ1n) is 11.8. The maximum Gasteiger partial charge on any atom is 0.407 e. The van der Waals surface area contributed by atoms with Gasteiger partial charge < -0.3 is 24.8 Å². The van der Waals surface area contributed by atoms with E-state index in [9.17, 15) is 19.5 Å². The Morgan fingerprint density at radius 1 is 1.03 bits per heavy atom. The number of likely N-dealkylation sites (tertiary alicyclic amines) is 1. The Morgan fingerprint density at radius 3 is 2.38 bits per heavy atom. The van der Waals surface area contributed by atoms with Crippen LogP contribution < -0.4 is 5.32 Å². The van der Waals surface area contributed by atoms with E-state index in [1.54, 1.807) is 4.90 Å². The molecule has 2 aliphatic heterocycles. The van der Waals surface area contributed by atoms with Gasteiger partial charge in [0.05, 0.1) is 12.0 Å². The molecule has 0 saturated carbocycles. The van der Waals surface area contributed by atoms with E-state index in [0.717, 1.165) is 22.3 Å². The van der Waals surface area contributed by atoms with Crippen LogP contribution in [0.1, 0.15) is 36.3 Å². The molecule has 8 heteroatoms. The lowest BCUT2D eigenvalue weighted by Crippen LogP contribution is -2.52. The van der Waals surface area contributed by atoms with E-state index in [1.165, 1.54) is 0 Å². The minimum absolute atomic E-state index is 0.0447. The highest BCUT2D eigenvalue weighted by Gasteiger charge is 2.40. The van der Waals surface area contributed by atoms with E-state index >= 15 is 0 Å². The predicted molar refractivity (Wildman–Crippen MR) is 123 cm³/mol. The first-order valence-corrected chi connectivity index (χ1v) is 11.8. The largest absolute Gasteiger partial charge is 0.481 e. The molecule has 8 nitrogen and oxygen atoms in total. The van der Waals surface area contributed by atoms with Gasteiger partial charge in [0.1, 0.15) is 6.61 Å². The number of carboxylic acids is 1. The minimum Gasteiger partial charge on any atom is -0.481 e. The second kappa shape index (κ2) is 9.46. The molecule has 0 unspecified atom stereocenters. The average Bonchev–Trinajstić information content (AvgIpc) is 3.44. The Bertz CT molecular complexity index is 1060. The molecule has 34 heavy (non-hydrogen) atoms. The highest BCUT2D eigenvalue weighted by Crippen LogP contribution is 2.44. The number of nitrogens with one attached hydrogen (secondary N) is 1. The summed E-state index contributed by atoms with van der Waals surface area (Å²) in [6.07, 6.45) is 0.285. The normalized spacial score (nSPS) is 23.8. The summed E-state index contributed by atoms with van der Waals surface area (Å²) >= 11 is 0. The fourth-order valence-corrected chi connectivity index (χ4v) is 5.33. The fraction of sp³-hybridized carbons (Fsp3) is 0.423. The monoisotopic (exact) mass is 464 g/mol. The summed E-state index contributed by atoms with van der Waals surface area (Å²) in [5, 5.41) is 12.1. The van der Waals surface area contributed by atoms with E-state index in [0.29, 0.717) is 32.4 Å². The SMILES string of the molecule is O=C(N[C@@H]1CCO[C@@H]1C(=O)N1CCC[C@H](C(=O)O)C1)OCC1c2ccccc2-c2ccccc21. The van der Waals surface area contributed by atoms with E-state index in [4.69, 9.17) is 9.47 Å². The van der Waals surface area contributed by atoms with Crippen LogP contribution in [0.3, 0.4) is 0 Å². The van der Waals surface area contributed by atoms with E-state index < -0.39 is 30.1 Å². The van der Waals surface area contributed by atoms with Crippen molar-refractivity contribution in [1.82, 2.24) is 10.2 Å². The number of fused-ring (bicyclic) bond motifs is 3. The molecule has 2 aromatic carbocycles. The Labute approximate surface area is 197 Å². The molecular formula is C26H28N2O6. The first-order chi connectivity index (χ1) is 16.5. The highest BCUT2D eigenvalue weighted by molar-refractivity contribution is 5.84. The fourth-order valence-electron chi connectivity index (χ4n) is 5.33. The highest BCUT2D eigenvalue weighted by atomic mass is 16.6. The van der Waals surface area contributed by atoms with Gasteiger partial charge in [0.25, 0.3) is 5.91 Å². The molecule has 178 valence electrons. The van der Waals surface area contributed by atoms with Gasteiger partial charge in [-0.25, -0.2) is 4.79 Å². The summed E-state index contributed by atoms with van der Waals surface area (Å²) in [5.41, 5.74) is 4.57. The average molecular weight is 465 g/mol. The number of nitrogens with zero attached hydrogens (tertiary/aromatic N) is 1. The third kappa shape index (κ3) is 4.25. The number of carbonyl (C=O) groups excluding carboxylic acids is 2. The van der Waals surface area contributed by atoms with Crippen molar-refractivity contribution in [2.45, 2.75) is 37.3 Å². The summed E-state index contributed by atoms with van der Waals surface area (Å²) in [6.45, 7) is 1.21. The van der Waals surface area contributed by atoms with Crippen molar-refractivity contribution in [2.75, 3.05) is 26.3 Å². The molecule has 2 saturated heterocycles. The maximum absolute atomic E-state index is 13.0. The topological polar surface area (TPSA) is 105 Å². The van der Waals surface area contributed by atoms with Crippen molar-refractivity contribution >= 4 is 18.0 Å². The van der Waals surface area contributed by atoms with E-state index in [1.807, 2.05) is 24.3 Å². The number of benzene rings is 2. The van der Waals surface area contributed by atoms with Crippen molar-refractivity contribution < 1.29 is 29.0 Å². The summed E-state index contributed by atoms with van der Waals surface area (Å²) < 4.78 is 11.3. The molecule has 5 rings (SSSR count). The van der Waals surface area contributed by atoms with Gasteiger partial charge in [-0.15, -0.1) is 0 Å². The second-order valence-corrected chi connectivity index (χ2v) is 9.12. The third-order valence-electron chi connectivity index (χ3n) is 7.06. The molecule has 2 fully saturated rings. The van der Waals surface area contributed by atoms with Gasteiger partial charge in [0, 0.05) is 25.6 Å². The lowest BCUT2D eigenvalue weighted by Gasteiger charge is -2.33. The number of ether oxygens (including phenoxy) is 2. The van der Waals surface area contributed by atoms with Gasteiger partial charge in [-0.3, -0.25) is 9.59 Å². The van der Waals surface area contributed by atoms with E-state index in [-0.39, 0.29) is 25.0 Å². The van der Waals surface area contributed by atoms with Crippen molar-refractivity contribution in [1.29, 1.82) is 0 Å². The Hall–Kier alpha value is -3.39. The molecular weight excluding hydrogens is 436 g/mol. The van der Waals surface area contributed by atoms with Gasteiger partial charge in [-0.1, -0.05) is 48.5 Å². The zero-order valence-corrected chi connectivity index (χ0v) is 18.8. The van der Waals surface area contributed by atoms with Gasteiger partial charge >= 0.3 is 12.1 Å². The molecule has 3 aliphatic rings. The zero-order chi connectivity index (χ0) is 23.7. The van der Waals surface area contributed by atoms with Crippen LogP contribution in [0, 0.1) is 5.92 Å². The predicted octanol–water partition coefficient (Wildman–Crippen LogP) is 3.01. The van der Waals surface area contributed by atoms with Crippen molar-refractivity contribution in [3.63, 3.8) is 0 Å². The molecule has 2 heterocycles. The number of amides is 2. The van der Waals surface area contributed by atoms with Gasteiger partial charge in [0.2, 0.25) is 0 Å². The van der Waals surface area contributed by atoms with Crippen LogP contribution in [0.25, 0.3) is 11.1 Å². The number of aliphatic carboxylic acids is 1. The molecule has 0 aromatic heterocycles. The molecule has 2 amide bonds. The molecule has 0 radical (unpaired) electrons. The lowest BCUT2D eigenvalue weighted by molar-refractivity contribution is -0.149.